The number of carbonyl (C=O) groups is 4. The molecular weight excluding hydrogens is 1560 g/mol. The Morgan fingerprint density at radius 2 is 1.11 bits per heavy atom. The van der Waals surface area contributed by atoms with Crippen molar-refractivity contribution in [3.63, 3.8) is 0 Å². The highest BCUT2D eigenvalue weighted by Crippen LogP contribution is 2.53. The predicted octanol–water partition coefficient (Wildman–Crippen LogP) is 16.7. The molecule has 0 bridgehead atoms. The van der Waals surface area contributed by atoms with Gasteiger partial charge in [0, 0.05) is 69.4 Å². The van der Waals surface area contributed by atoms with Gasteiger partial charge in [-0.2, -0.15) is 0 Å². The monoisotopic (exact) mass is 1670 g/mol. The van der Waals surface area contributed by atoms with Gasteiger partial charge in [0.1, 0.15) is 61.0 Å². The van der Waals surface area contributed by atoms with Crippen LogP contribution in [0.1, 0.15) is 169 Å². The molecule has 6 aromatic carbocycles. The van der Waals surface area contributed by atoms with Gasteiger partial charge in [-0.1, -0.05) is 143 Å². The average Bonchev–Trinajstić information content (AvgIpc) is 1.34. The molecule has 0 spiro atoms. The number of anilines is 2. The van der Waals surface area contributed by atoms with E-state index in [9.17, 15) is 19.2 Å². The van der Waals surface area contributed by atoms with Crippen molar-refractivity contribution in [3.8, 4) is 22.6 Å². The zero-order chi connectivity index (χ0) is 82.1. The molecule has 4 unspecified atom stereocenters. The van der Waals surface area contributed by atoms with Gasteiger partial charge in [0.25, 0.3) is 14.4 Å². The number of nitrogens with zero attached hydrogens (tertiary/aromatic N) is 10. The molecule has 1 aliphatic carbocycles. The zero-order valence-corrected chi connectivity index (χ0v) is 71.3. The number of benzene rings is 6. The topological polar surface area (TPSA) is 370 Å². The third kappa shape index (κ3) is 21.5. The van der Waals surface area contributed by atoms with Crippen LogP contribution >= 0.6 is 17.1 Å². The van der Waals surface area contributed by atoms with Gasteiger partial charge in [-0.15, -0.1) is 0 Å². The molecule has 119 heavy (non-hydrogen) atoms. The quantitative estimate of drug-likeness (QED) is 0.0176. The Morgan fingerprint density at radius 1 is 0.580 bits per heavy atom. The van der Waals surface area contributed by atoms with Crippen LogP contribution in [0.15, 0.2) is 177 Å². The van der Waals surface area contributed by atoms with Gasteiger partial charge in [-0.25, -0.2) is 39.4 Å². The van der Waals surface area contributed by atoms with E-state index in [1.807, 2.05) is 127 Å². The van der Waals surface area contributed by atoms with Crippen LogP contribution in [0.3, 0.4) is 0 Å². The fraction of sp³-hybridized carbons (Fsp3) is 0.425. The Balaban J connectivity index is 0.00000693. The van der Waals surface area contributed by atoms with Gasteiger partial charge in [-0.3, -0.25) is 23.5 Å². The minimum Gasteiger partial charge on any atom is -0.497 e. The number of hydrogen-bond donors (Lipinski definition) is 5. The van der Waals surface area contributed by atoms with E-state index in [-0.39, 0.29) is 99.6 Å². The Labute approximate surface area is 697 Å². The number of hydrogen-bond acceptors (Lipinski definition) is 24. The number of methoxy groups -OCH3 is 2. The second-order valence-electron chi connectivity index (χ2n) is 30.2. The summed E-state index contributed by atoms with van der Waals surface area (Å²) in [6, 6.07) is 49.1. The normalized spacial score (nSPS) is 17.6. The van der Waals surface area contributed by atoms with Crippen molar-refractivity contribution in [2.45, 2.75) is 174 Å². The molecule has 30 nitrogen and oxygen atoms in total. The lowest BCUT2D eigenvalue weighted by Gasteiger charge is -2.37. The van der Waals surface area contributed by atoms with Crippen molar-refractivity contribution in [3.05, 3.63) is 216 Å². The number of amides is 4. The van der Waals surface area contributed by atoms with Gasteiger partial charge in [0.05, 0.1) is 65.5 Å². The SMILES string of the molecule is CCCOP(OC[C@H]1O[C@@H](n2cnc3c(NC(=O)CCCN(C)C(=O)OCC4c5ccccc5-c5ccccc54)ncnc32)CC1OP(OCCC)N(C(C)C)C(C)C)OC1C[C@H](n2cnc3c(NC(=O)c4ccc(CNC(=O)CCC(C)C)cc4)ncnc32)O[C@@H]1COC(c1ccccc1)(c1ccc(OC)cc1)c1ccc(OC)cc1.N.N. The first-order valence-electron chi connectivity index (χ1n) is 40.1. The molecule has 2 saturated heterocycles. The van der Waals surface area contributed by atoms with Crippen LogP contribution in [0.2, 0.25) is 0 Å². The molecule has 13 rings (SSSR count). The summed E-state index contributed by atoms with van der Waals surface area (Å²) in [5.74, 6) is 1.28. The molecule has 0 radical (unpaired) electrons. The van der Waals surface area contributed by atoms with Crippen LogP contribution in [-0.4, -0.2) is 170 Å². The molecule has 0 saturated carbocycles. The number of aromatic nitrogens is 8. The molecule has 10 aromatic rings. The van der Waals surface area contributed by atoms with E-state index in [0.29, 0.717) is 84.1 Å². The number of rotatable bonds is 40. The minimum atomic E-state index is -2.23. The maximum absolute atomic E-state index is 14.0. The third-order valence-corrected chi connectivity index (χ3v) is 24.2. The average molecular weight is 1670 g/mol. The fourth-order valence-electron chi connectivity index (χ4n) is 14.9. The van der Waals surface area contributed by atoms with Crippen molar-refractivity contribution in [1.82, 2.24) is 66.2 Å². The van der Waals surface area contributed by atoms with E-state index < -0.39 is 71.6 Å². The number of imidazole rings is 2. The second-order valence-corrected chi connectivity index (χ2v) is 32.7. The molecule has 634 valence electrons. The summed E-state index contributed by atoms with van der Waals surface area (Å²) in [7, 11) is 1.02. The Kier molecular flexibility index (Phi) is 32.0. The van der Waals surface area contributed by atoms with Crippen molar-refractivity contribution in [1.29, 1.82) is 0 Å². The Bertz CT molecular complexity index is 4850. The smallest absolute Gasteiger partial charge is 0.409 e. The predicted molar refractivity (Wildman–Crippen MR) is 456 cm³/mol. The van der Waals surface area contributed by atoms with Gasteiger partial charge < -0.3 is 84.2 Å². The molecule has 32 heteroatoms. The first kappa shape index (κ1) is 89.9. The highest BCUT2D eigenvalue weighted by atomic mass is 31.2. The highest BCUT2D eigenvalue weighted by Gasteiger charge is 2.47. The van der Waals surface area contributed by atoms with Gasteiger partial charge in [-0.05, 0) is 140 Å². The molecule has 4 aromatic heterocycles. The lowest BCUT2D eigenvalue weighted by Crippen LogP contribution is -2.38. The molecule has 6 heterocycles. The van der Waals surface area contributed by atoms with Crippen LogP contribution in [0.25, 0.3) is 33.5 Å². The fourth-order valence-corrected chi connectivity index (χ4v) is 18.0. The molecule has 2 aliphatic heterocycles. The first-order chi connectivity index (χ1) is 56.8. The second kappa shape index (κ2) is 42.4. The van der Waals surface area contributed by atoms with Crippen LogP contribution in [0, 0.1) is 5.92 Å². The number of nitrogens with one attached hydrogen (secondary N) is 3. The van der Waals surface area contributed by atoms with Gasteiger partial charge in [0.15, 0.2) is 34.0 Å². The largest absolute Gasteiger partial charge is 0.497 e. The van der Waals surface area contributed by atoms with Crippen molar-refractivity contribution >= 4 is 74.9 Å². The van der Waals surface area contributed by atoms with E-state index in [1.165, 1.54) is 17.6 Å². The molecule has 9 N–H and O–H groups in total. The summed E-state index contributed by atoms with van der Waals surface area (Å²) in [6.45, 7) is 18.1. The number of carbonyl (C=O) groups excluding carboxylic acids is 4. The number of fused-ring (bicyclic) bond motifs is 5. The lowest BCUT2D eigenvalue weighted by atomic mass is 9.80. The summed E-state index contributed by atoms with van der Waals surface area (Å²) >= 11 is 0. The van der Waals surface area contributed by atoms with Crippen molar-refractivity contribution in [2.75, 3.05) is 71.5 Å². The molecule has 2 fully saturated rings. The zero-order valence-electron chi connectivity index (χ0n) is 69.5. The minimum absolute atomic E-state index is 0. The Hall–Kier alpha value is -9.88. The van der Waals surface area contributed by atoms with Gasteiger partial charge in [0.2, 0.25) is 11.8 Å². The first-order valence-corrected chi connectivity index (χ1v) is 42.4. The lowest BCUT2D eigenvalue weighted by molar-refractivity contribution is -0.121. The summed E-state index contributed by atoms with van der Waals surface area (Å²) in [4.78, 5) is 83.2. The molecule has 3 aliphatic rings. The van der Waals surface area contributed by atoms with Crippen molar-refractivity contribution < 1.29 is 70.2 Å². The highest BCUT2D eigenvalue weighted by molar-refractivity contribution is 7.44. The molecule has 8 atom stereocenters. The molecular formula is C87H111N15O15P2. The van der Waals surface area contributed by atoms with E-state index in [2.05, 4.69) is 103 Å². The van der Waals surface area contributed by atoms with E-state index in [1.54, 1.807) is 50.6 Å². The third-order valence-electron chi connectivity index (χ3n) is 20.9. The van der Waals surface area contributed by atoms with E-state index >= 15 is 0 Å². The van der Waals surface area contributed by atoms with Crippen LogP contribution in [-0.2, 0) is 63.3 Å². The van der Waals surface area contributed by atoms with E-state index in [0.717, 1.165) is 57.3 Å². The summed E-state index contributed by atoms with van der Waals surface area (Å²) in [5.41, 5.74) is 8.38. The standard InChI is InChI=1S/C87H105N13O15P2.2H3N/c1-12-44-109-116(100(57(5)6)58(7)8)114-71-46-77(98-54-93-79-81(89-52-91-83(79)98)95-76(102)28-21-43-97(9)86(104)107-49-70-68-26-19-17-24-66(68)67-25-18-20-27-69(67)70)113-74(71)51-111-117(110-45-13-2)115-72-47-78(99-55-94-80-82(90-53-92-84(80)99)96-85(103)60-32-30-59(31-33-60)48-88-75(101)42-29-56(3)4)112-73(72)50-108-87(61-22-15-14-16-23-61,62-34-38-64(105-10)39-35-62)63-36-40-65(106-11)41-37-63;;/h14-20,22-27,30-41,52-58,70-74,77-78H,12-13,21,28-29,42-51H2,1-11H3,(H,88,101)(H,89,91,95,102)(H,90,92,96,103);2*1H3/t71?,72?,73-,74-,77-,78-,116?,117?;;/m1../s1. The summed E-state index contributed by atoms with van der Waals surface area (Å²) < 4.78 is 79.7. The maximum atomic E-state index is 14.0. The van der Waals surface area contributed by atoms with Gasteiger partial charge >= 0.3 is 14.7 Å². The van der Waals surface area contributed by atoms with Crippen molar-refractivity contribution in [2.24, 2.45) is 5.92 Å². The van der Waals surface area contributed by atoms with E-state index in [4.69, 9.17) is 71.0 Å². The maximum Gasteiger partial charge on any atom is 0.409 e. The van der Waals surface area contributed by atoms with Crippen LogP contribution in [0.5, 0.6) is 11.5 Å². The van der Waals surface area contributed by atoms with Crippen LogP contribution in [0.4, 0.5) is 16.4 Å². The summed E-state index contributed by atoms with van der Waals surface area (Å²) in [5, 5.41) is 8.88. The Morgan fingerprint density at radius 3 is 1.66 bits per heavy atom. The summed E-state index contributed by atoms with van der Waals surface area (Å²) in [6.07, 6.45) is 4.55. The van der Waals surface area contributed by atoms with Crippen LogP contribution < -0.4 is 37.7 Å². The molecule has 4 amide bonds. The number of ether oxygens (including phenoxy) is 6.